The van der Waals surface area contributed by atoms with Crippen molar-refractivity contribution in [2.75, 3.05) is 17.4 Å². The van der Waals surface area contributed by atoms with Crippen LogP contribution in [0.3, 0.4) is 0 Å². The number of halogens is 3. The maximum atomic E-state index is 13.9. The van der Waals surface area contributed by atoms with Gasteiger partial charge in [-0.2, -0.15) is 0 Å². The van der Waals surface area contributed by atoms with Crippen molar-refractivity contribution in [1.82, 2.24) is 10.2 Å². The number of rotatable bonds is 12. The Labute approximate surface area is 244 Å². The Morgan fingerprint density at radius 1 is 1.00 bits per heavy atom. The molecule has 7 nitrogen and oxygen atoms in total. The molecule has 0 heterocycles. The molecule has 40 heavy (non-hydrogen) atoms. The third-order valence-electron chi connectivity index (χ3n) is 6.36. The Kier molecular flexibility index (Phi) is 11.0. The van der Waals surface area contributed by atoms with Gasteiger partial charge in [-0.1, -0.05) is 60.3 Å². The van der Waals surface area contributed by atoms with E-state index < -0.39 is 34.3 Å². The van der Waals surface area contributed by atoms with E-state index >= 15 is 0 Å². The number of hydrogen-bond donors (Lipinski definition) is 1. The van der Waals surface area contributed by atoms with Crippen molar-refractivity contribution in [3.05, 3.63) is 93.7 Å². The molecule has 0 bridgehead atoms. The van der Waals surface area contributed by atoms with Gasteiger partial charge in [0.05, 0.1) is 10.6 Å². The minimum absolute atomic E-state index is 0.0600. The Balaban J connectivity index is 2.01. The second-order valence-electron chi connectivity index (χ2n) is 9.38. The molecule has 0 aliphatic heterocycles. The van der Waals surface area contributed by atoms with Gasteiger partial charge >= 0.3 is 0 Å². The molecule has 0 spiro atoms. The fraction of sp³-hybridized carbons (Fsp3) is 0.310. The van der Waals surface area contributed by atoms with E-state index in [4.69, 9.17) is 23.2 Å². The molecule has 0 aliphatic carbocycles. The van der Waals surface area contributed by atoms with Gasteiger partial charge in [-0.3, -0.25) is 13.9 Å². The normalized spacial score (nSPS) is 12.1. The van der Waals surface area contributed by atoms with Crippen LogP contribution < -0.4 is 9.62 Å². The lowest BCUT2D eigenvalue weighted by molar-refractivity contribution is -0.139. The highest BCUT2D eigenvalue weighted by Crippen LogP contribution is 2.27. The van der Waals surface area contributed by atoms with Crippen molar-refractivity contribution in [3.63, 3.8) is 0 Å². The minimum atomic E-state index is -4.29. The Hall–Kier alpha value is -3.14. The van der Waals surface area contributed by atoms with Crippen LogP contribution in [0.1, 0.15) is 37.8 Å². The lowest BCUT2D eigenvalue weighted by Gasteiger charge is -2.32. The first-order valence-corrected chi connectivity index (χ1v) is 15.0. The standard InChI is InChI=1S/C29H32Cl2FN3O4S/c1-4-5-16-33-29(37)21(3)34(18-22-8-9-23(30)17-27(22)31)28(36)19-35(25-12-6-20(2)7-13-25)40(38,39)26-14-10-24(32)11-15-26/h6-15,17,21H,4-5,16,18-19H2,1-3H3,(H,33,37). The molecule has 3 aromatic carbocycles. The molecule has 1 unspecified atom stereocenters. The van der Waals surface area contributed by atoms with E-state index in [1.54, 1.807) is 43.3 Å². The van der Waals surface area contributed by atoms with Crippen LogP contribution in [-0.4, -0.2) is 44.3 Å². The van der Waals surface area contributed by atoms with Gasteiger partial charge in [0.1, 0.15) is 18.4 Å². The molecule has 0 fully saturated rings. The Morgan fingerprint density at radius 3 is 2.25 bits per heavy atom. The number of carbonyl (C=O) groups excluding carboxylic acids is 2. The minimum Gasteiger partial charge on any atom is -0.354 e. The van der Waals surface area contributed by atoms with Crippen molar-refractivity contribution in [3.8, 4) is 0 Å². The van der Waals surface area contributed by atoms with Crippen molar-refractivity contribution >= 4 is 50.7 Å². The number of amides is 2. The van der Waals surface area contributed by atoms with Gasteiger partial charge < -0.3 is 10.2 Å². The monoisotopic (exact) mass is 607 g/mol. The lowest BCUT2D eigenvalue weighted by atomic mass is 10.1. The molecule has 3 aromatic rings. The Morgan fingerprint density at radius 2 is 1.65 bits per heavy atom. The van der Waals surface area contributed by atoms with Crippen molar-refractivity contribution in [2.45, 2.75) is 51.1 Å². The molecule has 0 saturated heterocycles. The topological polar surface area (TPSA) is 86.8 Å². The number of hydrogen-bond acceptors (Lipinski definition) is 4. The zero-order chi connectivity index (χ0) is 29.4. The molecule has 1 N–H and O–H groups in total. The highest BCUT2D eigenvalue weighted by Gasteiger charge is 2.32. The summed E-state index contributed by atoms with van der Waals surface area (Å²) in [7, 11) is -4.29. The van der Waals surface area contributed by atoms with E-state index in [9.17, 15) is 22.4 Å². The van der Waals surface area contributed by atoms with Gasteiger partial charge in [-0.05, 0) is 74.4 Å². The average Bonchev–Trinajstić information content (AvgIpc) is 2.91. The van der Waals surface area contributed by atoms with Crippen LogP contribution in [0.25, 0.3) is 0 Å². The summed E-state index contributed by atoms with van der Waals surface area (Å²) in [4.78, 5) is 28.0. The molecule has 0 aliphatic rings. The summed E-state index contributed by atoms with van der Waals surface area (Å²) in [5.74, 6) is -1.60. The summed E-state index contributed by atoms with van der Waals surface area (Å²) in [6, 6.07) is 14.9. The summed E-state index contributed by atoms with van der Waals surface area (Å²) in [6.45, 7) is 5.20. The van der Waals surface area contributed by atoms with Crippen LogP contribution in [0.15, 0.2) is 71.6 Å². The van der Waals surface area contributed by atoms with Crippen LogP contribution >= 0.6 is 23.2 Å². The Bertz CT molecular complexity index is 1430. The zero-order valence-corrected chi connectivity index (χ0v) is 24.9. The van der Waals surface area contributed by atoms with Gasteiger partial charge in [-0.25, -0.2) is 12.8 Å². The van der Waals surface area contributed by atoms with Crippen LogP contribution in [0.5, 0.6) is 0 Å². The number of unbranched alkanes of at least 4 members (excludes halogenated alkanes) is 1. The second kappa shape index (κ2) is 14.0. The molecule has 2 amide bonds. The third-order valence-corrected chi connectivity index (χ3v) is 8.73. The number of nitrogens with zero attached hydrogens (tertiary/aromatic N) is 2. The number of nitrogens with one attached hydrogen (secondary N) is 1. The first-order chi connectivity index (χ1) is 18.9. The first kappa shape index (κ1) is 31.4. The predicted molar refractivity (Wildman–Crippen MR) is 157 cm³/mol. The first-order valence-electron chi connectivity index (χ1n) is 12.8. The van der Waals surface area contributed by atoms with Crippen molar-refractivity contribution < 1.29 is 22.4 Å². The summed E-state index contributed by atoms with van der Waals surface area (Å²) < 4.78 is 42.0. The SMILES string of the molecule is CCCCNC(=O)C(C)N(Cc1ccc(Cl)cc1Cl)C(=O)CN(c1ccc(C)cc1)S(=O)(=O)c1ccc(F)cc1. The van der Waals surface area contributed by atoms with Crippen molar-refractivity contribution in [1.29, 1.82) is 0 Å². The van der Waals surface area contributed by atoms with Crippen LogP contribution in [0.4, 0.5) is 10.1 Å². The molecule has 3 rings (SSSR count). The quantitative estimate of drug-likeness (QED) is 0.257. The molecule has 1 atom stereocenters. The number of benzene rings is 3. The summed E-state index contributed by atoms with van der Waals surface area (Å²) >= 11 is 12.4. The molecular formula is C29H32Cl2FN3O4S. The predicted octanol–water partition coefficient (Wildman–Crippen LogP) is 5.97. The maximum absolute atomic E-state index is 13.9. The van der Waals surface area contributed by atoms with E-state index in [1.165, 1.54) is 11.0 Å². The molecule has 0 aromatic heterocycles. The van der Waals surface area contributed by atoms with E-state index in [-0.39, 0.29) is 23.0 Å². The number of carbonyl (C=O) groups is 2. The van der Waals surface area contributed by atoms with E-state index in [1.807, 2.05) is 13.8 Å². The molecule has 0 radical (unpaired) electrons. The molecule has 0 saturated carbocycles. The summed E-state index contributed by atoms with van der Waals surface area (Å²) in [5, 5.41) is 3.54. The van der Waals surface area contributed by atoms with Gasteiger partial charge in [0.25, 0.3) is 10.0 Å². The van der Waals surface area contributed by atoms with E-state index in [2.05, 4.69) is 5.32 Å². The molecule has 214 valence electrons. The zero-order valence-electron chi connectivity index (χ0n) is 22.5. The van der Waals surface area contributed by atoms with Gasteiger partial charge in [-0.15, -0.1) is 0 Å². The molecular weight excluding hydrogens is 576 g/mol. The van der Waals surface area contributed by atoms with Crippen LogP contribution in [-0.2, 0) is 26.2 Å². The number of sulfonamides is 1. The average molecular weight is 609 g/mol. The number of aryl methyl sites for hydroxylation is 1. The van der Waals surface area contributed by atoms with Crippen LogP contribution in [0.2, 0.25) is 10.0 Å². The fourth-order valence-corrected chi connectivity index (χ4v) is 5.81. The van der Waals surface area contributed by atoms with E-state index in [0.29, 0.717) is 22.2 Å². The smallest absolute Gasteiger partial charge is 0.264 e. The largest absolute Gasteiger partial charge is 0.354 e. The molecule has 11 heteroatoms. The van der Waals surface area contributed by atoms with E-state index in [0.717, 1.165) is 47.0 Å². The fourth-order valence-electron chi connectivity index (χ4n) is 3.93. The highest BCUT2D eigenvalue weighted by atomic mass is 35.5. The summed E-state index contributed by atoms with van der Waals surface area (Å²) in [6.07, 6.45) is 1.65. The third kappa shape index (κ3) is 7.96. The van der Waals surface area contributed by atoms with Gasteiger partial charge in [0.15, 0.2) is 0 Å². The van der Waals surface area contributed by atoms with Crippen LogP contribution in [0, 0.1) is 12.7 Å². The lowest BCUT2D eigenvalue weighted by Crippen LogP contribution is -2.51. The van der Waals surface area contributed by atoms with Gasteiger partial charge in [0.2, 0.25) is 11.8 Å². The highest BCUT2D eigenvalue weighted by molar-refractivity contribution is 7.92. The van der Waals surface area contributed by atoms with Gasteiger partial charge in [0, 0.05) is 23.1 Å². The maximum Gasteiger partial charge on any atom is 0.264 e. The second-order valence-corrected chi connectivity index (χ2v) is 12.1. The number of anilines is 1. The summed E-state index contributed by atoms with van der Waals surface area (Å²) in [5.41, 5.74) is 1.68. The van der Waals surface area contributed by atoms with Crippen molar-refractivity contribution in [2.24, 2.45) is 0 Å².